The van der Waals surface area contributed by atoms with Crippen molar-refractivity contribution in [1.82, 2.24) is 8.96 Å². The fourth-order valence-electron chi connectivity index (χ4n) is 4.20. The predicted octanol–water partition coefficient (Wildman–Crippen LogP) is 4.55. The molecule has 3 heterocycles. The van der Waals surface area contributed by atoms with Crippen LogP contribution in [0.15, 0.2) is 83.9 Å². The highest BCUT2D eigenvalue weighted by molar-refractivity contribution is 7.90. The molecule has 0 aliphatic carbocycles. The standard InChI is InChI=1S/C24H22N2O4S/c1-2-29-21-16-20(17-10-5-3-6-11-17)22-23(30-21)19-14-9-15-25-24(19)26(22)31(27,28)18-12-7-4-8-13-18/h3-15,20-21H,2,16H2,1H3. The van der Waals surface area contributed by atoms with Gasteiger partial charge in [-0.25, -0.2) is 17.4 Å². The van der Waals surface area contributed by atoms with Gasteiger partial charge in [0.2, 0.25) is 6.29 Å². The number of fused-ring (bicyclic) bond motifs is 3. The minimum absolute atomic E-state index is 0.207. The maximum atomic E-state index is 13.8. The first kappa shape index (κ1) is 19.8. The maximum Gasteiger partial charge on any atom is 0.269 e. The van der Waals surface area contributed by atoms with Gasteiger partial charge in [-0.3, -0.25) is 0 Å². The first-order valence-corrected chi connectivity index (χ1v) is 11.7. The Morgan fingerprint density at radius 2 is 1.74 bits per heavy atom. The zero-order valence-electron chi connectivity index (χ0n) is 17.0. The van der Waals surface area contributed by atoms with E-state index in [2.05, 4.69) is 4.98 Å². The van der Waals surface area contributed by atoms with E-state index in [4.69, 9.17) is 9.47 Å². The summed E-state index contributed by atoms with van der Waals surface area (Å²) in [6.07, 6.45) is 1.63. The van der Waals surface area contributed by atoms with Crippen molar-refractivity contribution in [3.8, 4) is 5.75 Å². The van der Waals surface area contributed by atoms with Crippen LogP contribution < -0.4 is 4.74 Å². The van der Waals surface area contributed by atoms with Crippen molar-refractivity contribution in [3.63, 3.8) is 0 Å². The van der Waals surface area contributed by atoms with Crippen LogP contribution >= 0.6 is 0 Å². The molecule has 158 valence electrons. The molecule has 2 atom stereocenters. The number of benzene rings is 2. The Morgan fingerprint density at radius 1 is 1.03 bits per heavy atom. The van der Waals surface area contributed by atoms with Gasteiger partial charge < -0.3 is 9.47 Å². The molecular formula is C24H22N2O4S. The molecular weight excluding hydrogens is 412 g/mol. The summed E-state index contributed by atoms with van der Waals surface area (Å²) < 4.78 is 41.0. The Balaban J connectivity index is 1.83. The zero-order chi connectivity index (χ0) is 21.4. The minimum Gasteiger partial charge on any atom is -0.462 e. The van der Waals surface area contributed by atoms with Crippen LogP contribution in [0.2, 0.25) is 0 Å². The molecule has 0 amide bonds. The topological polar surface area (TPSA) is 70.4 Å². The van der Waals surface area contributed by atoms with Crippen molar-refractivity contribution in [3.05, 3.63) is 90.3 Å². The van der Waals surface area contributed by atoms with Crippen molar-refractivity contribution in [2.45, 2.75) is 30.4 Å². The second-order valence-corrected chi connectivity index (χ2v) is 9.16. The Bertz CT molecular complexity index is 1320. The average Bonchev–Trinajstić information content (AvgIpc) is 3.15. The lowest BCUT2D eigenvalue weighted by atomic mass is 9.90. The third-order valence-corrected chi connectivity index (χ3v) is 7.24. The molecule has 7 heteroatoms. The SMILES string of the molecule is CCOC1CC(c2ccccc2)c2c(c3cccnc3n2S(=O)(=O)c2ccccc2)O1. The van der Waals surface area contributed by atoms with Crippen LogP contribution in [0.4, 0.5) is 0 Å². The Labute approximate surface area is 181 Å². The van der Waals surface area contributed by atoms with E-state index in [1.54, 1.807) is 42.6 Å². The monoisotopic (exact) mass is 434 g/mol. The van der Waals surface area contributed by atoms with Crippen LogP contribution in [0, 0.1) is 0 Å². The molecule has 0 saturated heterocycles. The van der Waals surface area contributed by atoms with Crippen LogP contribution in [-0.2, 0) is 14.8 Å². The largest absolute Gasteiger partial charge is 0.462 e. The Morgan fingerprint density at radius 3 is 2.45 bits per heavy atom. The van der Waals surface area contributed by atoms with Crippen LogP contribution in [0.5, 0.6) is 5.75 Å². The highest BCUT2D eigenvalue weighted by Gasteiger charge is 2.39. The molecule has 0 N–H and O–H groups in total. The Kier molecular flexibility index (Phi) is 5.00. The average molecular weight is 435 g/mol. The first-order valence-electron chi connectivity index (χ1n) is 10.2. The molecule has 0 bridgehead atoms. The number of aromatic nitrogens is 2. The van der Waals surface area contributed by atoms with Crippen LogP contribution in [-0.4, -0.2) is 30.3 Å². The smallest absolute Gasteiger partial charge is 0.269 e. The second-order valence-electron chi connectivity index (χ2n) is 7.37. The molecule has 5 rings (SSSR count). The molecule has 2 aromatic carbocycles. The quantitative estimate of drug-likeness (QED) is 0.461. The van der Waals surface area contributed by atoms with Gasteiger partial charge in [0.05, 0.1) is 16.0 Å². The summed E-state index contributed by atoms with van der Waals surface area (Å²) in [6.45, 7) is 2.42. The molecule has 0 spiro atoms. The number of hydrogen-bond donors (Lipinski definition) is 0. The highest BCUT2D eigenvalue weighted by Crippen LogP contribution is 2.47. The molecule has 31 heavy (non-hydrogen) atoms. The summed E-state index contributed by atoms with van der Waals surface area (Å²) >= 11 is 0. The lowest BCUT2D eigenvalue weighted by molar-refractivity contribution is -0.0889. The highest BCUT2D eigenvalue weighted by atomic mass is 32.2. The fourth-order valence-corrected chi connectivity index (χ4v) is 5.75. The zero-order valence-corrected chi connectivity index (χ0v) is 17.8. The van der Waals surface area contributed by atoms with E-state index in [-0.39, 0.29) is 10.8 Å². The van der Waals surface area contributed by atoms with E-state index in [1.165, 1.54) is 3.97 Å². The van der Waals surface area contributed by atoms with Gasteiger partial charge in [-0.05, 0) is 36.8 Å². The van der Waals surface area contributed by atoms with E-state index in [0.717, 1.165) is 5.56 Å². The summed E-state index contributed by atoms with van der Waals surface area (Å²) in [7, 11) is -3.90. The predicted molar refractivity (Wildman–Crippen MR) is 118 cm³/mol. The van der Waals surface area contributed by atoms with E-state index < -0.39 is 16.3 Å². The van der Waals surface area contributed by atoms with Crippen LogP contribution in [0.3, 0.4) is 0 Å². The molecule has 0 fully saturated rings. The summed E-state index contributed by atoms with van der Waals surface area (Å²) in [4.78, 5) is 4.65. The van der Waals surface area contributed by atoms with Crippen LogP contribution in [0.1, 0.15) is 30.5 Å². The van der Waals surface area contributed by atoms with Gasteiger partial charge in [-0.1, -0.05) is 48.5 Å². The number of hydrogen-bond acceptors (Lipinski definition) is 5. The molecule has 1 aliphatic heterocycles. The van der Waals surface area contributed by atoms with Gasteiger partial charge in [-0.2, -0.15) is 0 Å². The molecule has 1 aliphatic rings. The van der Waals surface area contributed by atoms with Crippen molar-refractivity contribution >= 4 is 21.1 Å². The molecule has 6 nitrogen and oxygen atoms in total. The third kappa shape index (κ3) is 3.30. The van der Waals surface area contributed by atoms with Gasteiger partial charge in [0.1, 0.15) is 0 Å². The number of pyridine rings is 1. The summed E-state index contributed by atoms with van der Waals surface area (Å²) in [5.74, 6) is 0.287. The van der Waals surface area contributed by atoms with Crippen molar-refractivity contribution in [1.29, 1.82) is 0 Å². The van der Waals surface area contributed by atoms with Gasteiger partial charge in [0, 0.05) is 25.1 Å². The number of ether oxygens (including phenoxy) is 2. The maximum absolute atomic E-state index is 13.8. The first-order chi connectivity index (χ1) is 15.1. The molecule has 2 unspecified atom stereocenters. The van der Waals surface area contributed by atoms with E-state index in [9.17, 15) is 8.42 Å². The minimum atomic E-state index is -3.90. The number of nitrogens with zero attached hydrogens (tertiary/aromatic N) is 2. The fraction of sp³-hybridized carbons (Fsp3) is 0.208. The van der Waals surface area contributed by atoms with Crippen molar-refractivity contribution in [2.24, 2.45) is 0 Å². The Hall–Kier alpha value is -3.16. The van der Waals surface area contributed by atoms with E-state index in [1.807, 2.05) is 43.3 Å². The third-order valence-electron chi connectivity index (χ3n) is 5.52. The van der Waals surface area contributed by atoms with Gasteiger partial charge >= 0.3 is 0 Å². The van der Waals surface area contributed by atoms with Gasteiger partial charge in [-0.15, -0.1) is 0 Å². The van der Waals surface area contributed by atoms with Crippen LogP contribution in [0.25, 0.3) is 11.0 Å². The molecule has 2 aromatic heterocycles. The van der Waals surface area contributed by atoms with Crippen molar-refractivity contribution < 1.29 is 17.9 Å². The number of rotatable bonds is 5. The van der Waals surface area contributed by atoms with Crippen molar-refractivity contribution in [2.75, 3.05) is 6.61 Å². The van der Waals surface area contributed by atoms with Gasteiger partial charge in [0.15, 0.2) is 11.4 Å². The second kappa shape index (κ2) is 7.83. The molecule has 4 aromatic rings. The lowest BCUT2D eigenvalue weighted by Crippen LogP contribution is -2.31. The summed E-state index contributed by atoms with van der Waals surface area (Å²) in [5.41, 5.74) is 1.94. The van der Waals surface area contributed by atoms with Gasteiger partial charge in [0.25, 0.3) is 10.0 Å². The molecule has 0 radical (unpaired) electrons. The van der Waals surface area contributed by atoms with E-state index in [0.29, 0.717) is 35.5 Å². The summed E-state index contributed by atoms with van der Waals surface area (Å²) in [6, 6.07) is 21.9. The normalized spacial score (nSPS) is 18.5. The van der Waals surface area contributed by atoms with E-state index >= 15 is 0 Å². The summed E-state index contributed by atoms with van der Waals surface area (Å²) in [5, 5.41) is 0.655. The molecule has 0 saturated carbocycles. The lowest BCUT2D eigenvalue weighted by Gasteiger charge is -2.31.